The van der Waals surface area contributed by atoms with Crippen LogP contribution >= 0.6 is 11.8 Å². The number of nitriles is 1. The standard InChI is InChI=1S/C12H11NO2S/c1-9(14)11(7-8-13)12(15)16-10-5-3-2-4-6-10/h2-6,11H,7H2,1H3. The zero-order chi connectivity index (χ0) is 12.0. The molecule has 1 unspecified atom stereocenters. The molecule has 1 aromatic carbocycles. The number of Topliss-reactive ketones (excluding diaryl/α,β-unsaturated/α-hetero) is 1. The van der Waals surface area contributed by atoms with Crippen LogP contribution in [-0.2, 0) is 9.59 Å². The Kier molecular flexibility index (Phi) is 4.74. The van der Waals surface area contributed by atoms with Crippen molar-refractivity contribution in [3.05, 3.63) is 30.3 Å². The van der Waals surface area contributed by atoms with E-state index in [4.69, 9.17) is 5.26 Å². The molecule has 1 atom stereocenters. The summed E-state index contributed by atoms with van der Waals surface area (Å²) in [4.78, 5) is 23.7. The fraction of sp³-hybridized carbons (Fsp3) is 0.250. The number of benzene rings is 1. The molecule has 1 rings (SSSR count). The number of carbonyl (C=O) groups excluding carboxylic acids is 2. The molecular weight excluding hydrogens is 222 g/mol. The van der Waals surface area contributed by atoms with Gasteiger partial charge < -0.3 is 0 Å². The lowest BCUT2D eigenvalue weighted by Crippen LogP contribution is -2.18. The Hall–Kier alpha value is -1.60. The minimum atomic E-state index is -0.810. The van der Waals surface area contributed by atoms with Crippen LogP contribution in [0.2, 0.25) is 0 Å². The van der Waals surface area contributed by atoms with Crippen LogP contribution in [0.4, 0.5) is 0 Å². The maximum Gasteiger partial charge on any atom is 0.205 e. The summed E-state index contributed by atoms with van der Waals surface area (Å²) in [5.74, 6) is -1.06. The van der Waals surface area contributed by atoms with E-state index in [0.717, 1.165) is 16.7 Å². The monoisotopic (exact) mass is 233 g/mol. The highest BCUT2D eigenvalue weighted by Crippen LogP contribution is 2.23. The number of nitrogens with zero attached hydrogens (tertiary/aromatic N) is 1. The molecular formula is C12H11NO2S. The van der Waals surface area contributed by atoms with Gasteiger partial charge in [0.15, 0.2) is 0 Å². The predicted octanol–water partition coefficient (Wildman–Crippen LogP) is 2.42. The maximum absolute atomic E-state index is 11.7. The molecule has 0 aliphatic rings. The first kappa shape index (κ1) is 12.5. The molecule has 0 heterocycles. The molecule has 82 valence electrons. The van der Waals surface area contributed by atoms with E-state index >= 15 is 0 Å². The van der Waals surface area contributed by atoms with Crippen LogP contribution in [0.3, 0.4) is 0 Å². The minimum Gasteiger partial charge on any atom is -0.299 e. The third-order valence-corrected chi connectivity index (χ3v) is 3.03. The molecule has 0 bridgehead atoms. The van der Waals surface area contributed by atoms with Gasteiger partial charge in [0, 0.05) is 4.90 Å². The number of rotatable bonds is 4. The number of ketones is 1. The van der Waals surface area contributed by atoms with Gasteiger partial charge in [-0.15, -0.1) is 0 Å². The van der Waals surface area contributed by atoms with Gasteiger partial charge in [-0.1, -0.05) is 30.0 Å². The molecule has 0 saturated carbocycles. The predicted molar refractivity (Wildman–Crippen MR) is 61.7 cm³/mol. The van der Waals surface area contributed by atoms with Crippen molar-refractivity contribution in [3.8, 4) is 6.07 Å². The summed E-state index contributed by atoms with van der Waals surface area (Å²) in [5.41, 5.74) is 0. The Morgan fingerprint density at radius 1 is 1.38 bits per heavy atom. The Bertz CT molecular complexity index is 422. The first-order valence-corrected chi connectivity index (χ1v) is 5.61. The number of hydrogen-bond acceptors (Lipinski definition) is 4. The maximum atomic E-state index is 11.7. The average Bonchev–Trinajstić information content (AvgIpc) is 2.26. The van der Waals surface area contributed by atoms with Crippen LogP contribution < -0.4 is 0 Å². The molecule has 16 heavy (non-hydrogen) atoms. The molecule has 3 nitrogen and oxygen atoms in total. The van der Waals surface area contributed by atoms with Gasteiger partial charge in [-0.2, -0.15) is 5.26 Å². The lowest BCUT2D eigenvalue weighted by atomic mass is 10.0. The Morgan fingerprint density at radius 3 is 2.50 bits per heavy atom. The van der Waals surface area contributed by atoms with Crippen molar-refractivity contribution >= 4 is 22.7 Å². The lowest BCUT2D eigenvalue weighted by molar-refractivity contribution is -0.126. The summed E-state index contributed by atoms with van der Waals surface area (Å²) in [5, 5.41) is 8.27. The van der Waals surface area contributed by atoms with Crippen molar-refractivity contribution in [2.45, 2.75) is 18.2 Å². The second kappa shape index (κ2) is 6.09. The molecule has 0 radical (unpaired) electrons. The van der Waals surface area contributed by atoms with E-state index in [9.17, 15) is 9.59 Å². The van der Waals surface area contributed by atoms with Gasteiger partial charge in [0.1, 0.15) is 5.78 Å². The van der Waals surface area contributed by atoms with E-state index in [1.165, 1.54) is 6.92 Å². The summed E-state index contributed by atoms with van der Waals surface area (Å²) in [7, 11) is 0. The van der Waals surface area contributed by atoms with Crippen LogP contribution in [0.1, 0.15) is 13.3 Å². The van der Waals surface area contributed by atoms with Crippen molar-refractivity contribution < 1.29 is 9.59 Å². The third kappa shape index (κ3) is 3.52. The molecule has 0 fully saturated rings. The smallest absolute Gasteiger partial charge is 0.205 e. The highest BCUT2D eigenvalue weighted by molar-refractivity contribution is 8.13. The van der Waals surface area contributed by atoms with Gasteiger partial charge in [-0.3, -0.25) is 9.59 Å². The van der Waals surface area contributed by atoms with Crippen LogP contribution in [0.25, 0.3) is 0 Å². The number of thioether (sulfide) groups is 1. The van der Waals surface area contributed by atoms with Gasteiger partial charge in [0.25, 0.3) is 0 Å². The quantitative estimate of drug-likeness (QED) is 0.592. The second-order valence-corrected chi connectivity index (χ2v) is 4.34. The van der Waals surface area contributed by atoms with Crippen LogP contribution in [0.5, 0.6) is 0 Å². The van der Waals surface area contributed by atoms with Crippen molar-refractivity contribution in [2.75, 3.05) is 0 Å². The van der Waals surface area contributed by atoms with Crippen LogP contribution in [0.15, 0.2) is 35.2 Å². The van der Waals surface area contributed by atoms with Crippen molar-refractivity contribution in [3.63, 3.8) is 0 Å². The van der Waals surface area contributed by atoms with Crippen molar-refractivity contribution in [2.24, 2.45) is 5.92 Å². The zero-order valence-corrected chi connectivity index (χ0v) is 9.66. The summed E-state index contributed by atoms with van der Waals surface area (Å²) < 4.78 is 0. The SMILES string of the molecule is CC(=O)C(CC#N)C(=O)Sc1ccccc1. The largest absolute Gasteiger partial charge is 0.299 e. The zero-order valence-electron chi connectivity index (χ0n) is 8.84. The molecule has 0 saturated heterocycles. The Labute approximate surface area is 98.5 Å². The average molecular weight is 233 g/mol. The molecule has 0 amide bonds. The third-order valence-electron chi connectivity index (χ3n) is 2.03. The van der Waals surface area contributed by atoms with Crippen molar-refractivity contribution in [1.82, 2.24) is 0 Å². The minimum absolute atomic E-state index is 0.0476. The van der Waals surface area contributed by atoms with Crippen LogP contribution in [0, 0.1) is 17.2 Å². The molecule has 0 aromatic heterocycles. The van der Waals surface area contributed by atoms with Gasteiger partial charge in [-0.05, 0) is 19.1 Å². The highest BCUT2D eigenvalue weighted by atomic mass is 32.2. The molecule has 1 aromatic rings. The van der Waals surface area contributed by atoms with E-state index in [1.54, 1.807) is 12.1 Å². The van der Waals surface area contributed by atoms with Gasteiger partial charge in [-0.25, -0.2) is 0 Å². The summed E-state index contributed by atoms with van der Waals surface area (Å²) in [6.07, 6.45) is -0.0476. The van der Waals surface area contributed by atoms with E-state index in [2.05, 4.69) is 0 Å². The number of carbonyl (C=O) groups is 2. The Balaban J connectivity index is 2.71. The molecule has 0 spiro atoms. The molecule has 4 heteroatoms. The summed E-state index contributed by atoms with van der Waals surface area (Å²) >= 11 is 1.01. The van der Waals surface area contributed by atoms with Gasteiger partial charge in [0.05, 0.1) is 18.4 Å². The van der Waals surface area contributed by atoms with Gasteiger partial charge in [0.2, 0.25) is 5.12 Å². The molecule has 0 N–H and O–H groups in total. The topological polar surface area (TPSA) is 57.9 Å². The first-order chi connectivity index (χ1) is 7.65. The van der Waals surface area contributed by atoms with E-state index in [-0.39, 0.29) is 17.3 Å². The highest BCUT2D eigenvalue weighted by Gasteiger charge is 2.23. The normalized spacial score (nSPS) is 11.5. The first-order valence-electron chi connectivity index (χ1n) is 4.79. The fourth-order valence-electron chi connectivity index (χ4n) is 1.16. The van der Waals surface area contributed by atoms with E-state index in [1.807, 2.05) is 24.3 Å². The second-order valence-electron chi connectivity index (χ2n) is 3.26. The summed E-state index contributed by atoms with van der Waals surface area (Å²) in [6.45, 7) is 1.34. The van der Waals surface area contributed by atoms with E-state index < -0.39 is 5.92 Å². The lowest BCUT2D eigenvalue weighted by Gasteiger charge is -2.07. The van der Waals surface area contributed by atoms with E-state index in [0.29, 0.717) is 0 Å². The van der Waals surface area contributed by atoms with Crippen molar-refractivity contribution in [1.29, 1.82) is 5.26 Å². The molecule has 0 aliphatic heterocycles. The Morgan fingerprint density at radius 2 is 2.00 bits per heavy atom. The van der Waals surface area contributed by atoms with Gasteiger partial charge >= 0.3 is 0 Å². The summed E-state index contributed by atoms with van der Waals surface area (Å²) in [6, 6.07) is 11.0. The molecule has 0 aliphatic carbocycles. The van der Waals surface area contributed by atoms with Crippen LogP contribution in [-0.4, -0.2) is 10.9 Å². The number of hydrogen-bond donors (Lipinski definition) is 0. The fourth-order valence-corrected chi connectivity index (χ4v) is 2.08.